The third kappa shape index (κ3) is 4.26. The van der Waals surface area contributed by atoms with Gasteiger partial charge in [-0.3, -0.25) is 0 Å². The van der Waals surface area contributed by atoms with Gasteiger partial charge in [-0.25, -0.2) is 13.9 Å². The maximum atomic E-state index is 13.1. The fourth-order valence-corrected chi connectivity index (χ4v) is 2.28. The van der Waals surface area contributed by atoms with Crippen molar-refractivity contribution in [2.75, 3.05) is 26.3 Å². The van der Waals surface area contributed by atoms with E-state index in [0.717, 1.165) is 5.56 Å². The van der Waals surface area contributed by atoms with Gasteiger partial charge in [0, 0.05) is 13.1 Å². The Morgan fingerprint density at radius 2 is 2.17 bits per heavy atom. The lowest BCUT2D eigenvalue weighted by Crippen LogP contribution is -2.40. The molecule has 1 fully saturated rings. The number of carbonyl (C=O) groups excluding carboxylic acids is 1. The lowest BCUT2D eigenvalue weighted by Gasteiger charge is -2.25. The molecule has 3 rings (SSSR count). The molecule has 0 aliphatic carbocycles. The van der Waals surface area contributed by atoms with E-state index >= 15 is 0 Å². The summed E-state index contributed by atoms with van der Waals surface area (Å²) in [5, 5.41) is 7.90. The fourth-order valence-electron chi connectivity index (χ4n) is 2.28. The molecule has 1 aromatic carbocycles. The molecule has 122 valence electrons. The van der Waals surface area contributed by atoms with Crippen LogP contribution in [-0.4, -0.2) is 52.3 Å². The van der Waals surface area contributed by atoms with Gasteiger partial charge in [0.1, 0.15) is 18.1 Å². The molecule has 1 saturated heterocycles. The van der Waals surface area contributed by atoms with Gasteiger partial charge in [0.05, 0.1) is 26.0 Å². The number of halogens is 1. The Labute approximate surface area is 132 Å². The third-order valence-corrected chi connectivity index (χ3v) is 3.43. The van der Waals surface area contributed by atoms with Crippen molar-refractivity contribution < 1.29 is 18.7 Å². The summed E-state index contributed by atoms with van der Waals surface area (Å²) in [4.78, 5) is 13.5. The molecule has 2 heterocycles. The topological polar surface area (TPSA) is 69.5 Å². The van der Waals surface area contributed by atoms with Crippen LogP contribution in [0.2, 0.25) is 0 Å². The Bertz CT molecular complexity index is 670. The van der Waals surface area contributed by atoms with Crippen LogP contribution in [0.1, 0.15) is 11.3 Å². The predicted molar refractivity (Wildman–Crippen MR) is 78.1 cm³/mol. The average molecular weight is 320 g/mol. The van der Waals surface area contributed by atoms with Crippen molar-refractivity contribution in [2.24, 2.45) is 0 Å². The molecule has 0 N–H and O–H groups in total. The molecular formula is C15H17FN4O3. The standard InChI is InChI=1S/C15H17FN4O3/c16-13-3-1-2-12(8-13)9-20-10-14(17-18-20)11-23-15(21)19-4-6-22-7-5-19/h1-3,8,10H,4-7,9,11H2. The highest BCUT2D eigenvalue weighted by atomic mass is 19.1. The minimum absolute atomic E-state index is 0.0549. The molecule has 1 aliphatic heterocycles. The summed E-state index contributed by atoms with van der Waals surface area (Å²) in [7, 11) is 0. The first kappa shape index (κ1) is 15.4. The zero-order valence-electron chi connectivity index (χ0n) is 12.5. The van der Waals surface area contributed by atoms with Crippen LogP contribution in [0, 0.1) is 5.82 Å². The van der Waals surface area contributed by atoms with Gasteiger partial charge in [-0.2, -0.15) is 0 Å². The number of amides is 1. The van der Waals surface area contributed by atoms with Crippen LogP contribution in [-0.2, 0) is 22.6 Å². The number of morpholine rings is 1. The van der Waals surface area contributed by atoms with Crippen molar-refractivity contribution >= 4 is 6.09 Å². The lowest BCUT2D eigenvalue weighted by atomic mass is 10.2. The number of rotatable bonds is 4. The van der Waals surface area contributed by atoms with E-state index in [1.54, 1.807) is 21.8 Å². The van der Waals surface area contributed by atoms with E-state index in [0.29, 0.717) is 38.5 Å². The smallest absolute Gasteiger partial charge is 0.410 e. The second kappa shape index (κ2) is 7.19. The number of nitrogens with zero attached hydrogens (tertiary/aromatic N) is 4. The molecular weight excluding hydrogens is 303 g/mol. The molecule has 0 saturated carbocycles. The molecule has 0 radical (unpaired) electrons. The molecule has 2 aromatic rings. The van der Waals surface area contributed by atoms with E-state index in [1.807, 2.05) is 6.07 Å². The minimum atomic E-state index is -0.381. The molecule has 1 amide bonds. The molecule has 0 atom stereocenters. The molecule has 1 aliphatic rings. The first-order chi connectivity index (χ1) is 11.2. The number of benzene rings is 1. The van der Waals surface area contributed by atoms with Gasteiger partial charge in [0.15, 0.2) is 0 Å². The van der Waals surface area contributed by atoms with Crippen LogP contribution in [0.15, 0.2) is 30.5 Å². The third-order valence-electron chi connectivity index (χ3n) is 3.43. The van der Waals surface area contributed by atoms with Crippen molar-refractivity contribution in [1.82, 2.24) is 19.9 Å². The Balaban J connectivity index is 1.52. The molecule has 8 heteroatoms. The van der Waals surface area contributed by atoms with Crippen molar-refractivity contribution in [3.8, 4) is 0 Å². The summed E-state index contributed by atoms with van der Waals surface area (Å²) in [5.74, 6) is -0.290. The van der Waals surface area contributed by atoms with E-state index in [4.69, 9.17) is 9.47 Å². The highest BCUT2D eigenvalue weighted by Gasteiger charge is 2.18. The molecule has 23 heavy (non-hydrogen) atoms. The maximum Gasteiger partial charge on any atom is 0.410 e. The normalized spacial score (nSPS) is 14.7. The van der Waals surface area contributed by atoms with E-state index in [-0.39, 0.29) is 18.5 Å². The van der Waals surface area contributed by atoms with Gasteiger partial charge in [0.2, 0.25) is 0 Å². The van der Waals surface area contributed by atoms with Gasteiger partial charge in [0.25, 0.3) is 0 Å². The Kier molecular flexibility index (Phi) is 4.82. The molecule has 0 spiro atoms. The van der Waals surface area contributed by atoms with Crippen molar-refractivity contribution in [3.05, 3.63) is 47.5 Å². The van der Waals surface area contributed by atoms with Gasteiger partial charge in [-0.15, -0.1) is 5.10 Å². The summed E-state index contributed by atoms with van der Waals surface area (Å²) >= 11 is 0. The highest BCUT2D eigenvalue weighted by molar-refractivity contribution is 5.67. The number of carbonyl (C=O) groups is 1. The second-order valence-electron chi connectivity index (χ2n) is 5.19. The average Bonchev–Trinajstić information content (AvgIpc) is 3.01. The SMILES string of the molecule is O=C(OCc1cn(Cc2cccc(F)c2)nn1)N1CCOCC1. The van der Waals surface area contributed by atoms with Crippen LogP contribution in [0.5, 0.6) is 0 Å². The number of ether oxygens (including phenoxy) is 2. The summed E-state index contributed by atoms with van der Waals surface area (Å²) in [5.41, 5.74) is 1.33. The van der Waals surface area contributed by atoms with Gasteiger partial charge < -0.3 is 14.4 Å². The molecule has 0 unspecified atom stereocenters. The zero-order valence-corrected chi connectivity index (χ0v) is 12.5. The Hall–Kier alpha value is -2.48. The van der Waals surface area contributed by atoms with Crippen molar-refractivity contribution in [1.29, 1.82) is 0 Å². The largest absolute Gasteiger partial charge is 0.443 e. The fraction of sp³-hybridized carbons (Fsp3) is 0.400. The quantitative estimate of drug-likeness (QED) is 0.852. The Morgan fingerprint density at radius 1 is 1.35 bits per heavy atom. The van der Waals surface area contributed by atoms with Gasteiger partial charge >= 0.3 is 6.09 Å². The monoisotopic (exact) mass is 320 g/mol. The first-order valence-corrected chi connectivity index (χ1v) is 7.33. The number of hydrogen-bond donors (Lipinski definition) is 0. The number of aromatic nitrogens is 3. The van der Waals surface area contributed by atoms with Crippen LogP contribution in [0.25, 0.3) is 0 Å². The lowest BCUT2D eigenvalue weighted by molar-refractivity contribution is 0.0246. The van der Waals surface area contributed by atoms with E-state index in [2.05, 4.69) is 10.3 Å². The highest BCUT2D eigenvalue weighted by Crippen LogP contribution is 2.07. The maximum absolute atomic E-state index is 13.1. The van der Waals surface area contributed by atoms with Gasteiger partial charge in [-0.1, -0.05) is 17.3 Å². The summed E-state index contributed by atoms with van der Waals surface area (Å²) in [6.45, 7) is 2.58. The van der Waals surface area contributed by atoms with Crippen LogP contribution in [0.4, 0.5) is 9.18 Å². The molecule has 1 aromatic heterocycles. The summed E-state index contributed by atoms with van der Waals surface area (Å²) < 4.78 is 25.1. The minimum Gasteiger partial charge on any atom is -0.443 e. The van der Waals surface area contributed by atoms with Crippen LogP contribution >= 0.6 is 0 Å². The van der Waals surface area contributed by atoms with E-state index < -0.39 is 0 Å². The molecule has 0 bridgehead atoms. The Morgan fingerprint density at radius 3 is 2.96 bits per heavy atom. The summed E-state index contributed by atoms with van der Waals surface area (Å²) in [6.07, 6.45) is 1.30. The van der Waals surface area contributed by atoms with Crippen molar-refractivity contribution in [2.45, 2.75) is 13.2 Å². The molecule has 7 nitrogen and oxygen atoms in total. The predicted octanol–water partition coefficient (Wildman–Crippen LogP) is 1.43. The van der Waals surface area contributed by atoms with Crippen LogP contribution < -0.4 is 0 Å². The summed E-state index contributed by atoms with van der Waals surface area (Å²) in [6, 6.07) is 6.29. The van der Waals surface area contributed by atoms with Crippen LogP contribution in [0.3, 0.4) is 0 Å². The van der Waals surface area contributed by atoms with E-state index in [1.165, 1.54) is 12.1 Å². The van der Waals surface area contributed by atoms with Gasteiger partial charge in [-0.05, 0) is 17.7 Å². The van der Waals surface area contributed by atoms with Crippen molar-refractivity contribution in [3.63, 3.8) is 0 Å². The number of hydrogen-bond acceptors (Lipinski definition) is 5. The second-order valence-corrected chi connectivity index (χ2v) is 5.19. The van der Waals surface area contributed by atoms with E-state index in [9.17, 15) is 9.18 Å². The first-order valence-electron chi connectivity index (χ1n) is 7.33. The zero-order chi connectivity index (χ0) is 16.1.